The molecule has 0 aliphatic carbocycles. The summed E-state index contributed by atoms with van der Waals surface area (Å²) in [4.78, 5) is 15.3. The van der Waals surface area contributed by atoms with E-state index >= 15 is 0 Å². The molecule has 0 saturated carbocycles. The second kappa shape index (κ2) is 11.4. The van der Waals surface area contributed by atoms with Gasteiger partial charge in [0.05, 0.1) is 0 Å². The Morgan fingerprint density at radius 3 is 2.31 bits per heavy atom. The Labute approximate surface area is 214 Å². The van der Waals surface area contributed by atoms with Gasteiger partial charge < -0.3 is 15.6 Å². The molecule has 4 nitrogen and oxygen atoms in total. The van der Waals surface area contributed by atoms with Crippen LogP contribution in [0.5, 0.6) is 0 Å². The highest BCUT2D eigenvalue weighted by atomic mass is 16.2. The lowest BCUT2D eigenvalue weighted by Crippen LogP contribution is -2.35. The first kappa shape index (κ1) is 24.7. The van der Waals surface area contributed by atoms with E-state index in [0.717, 1.165) is 39.2 Å². The summed E-state index contributed by atoms with van der Waals surface area (Å²) in [6.07, 6.45) is 5.31. The lowest BCUT2D eigenvalue weighted by molar-refractivity contribution is 0.0983. The van der Waals surface area contributed by atoms with Gasteiger partial charge >= 0.3 is 0 Å². The normalized spacial score (nSPS) is 11.7. The number of rotatable bonds is 8. The molecule has 0 saturated heterocycles. The molecule has 1 unspecified atom stereocenters. The van der Waals surface area contributed by atoms with E-state index < -0.39 is 5.94 Å². The fourth-order valence-corrected chi connectivity index (χ4v) is 4.21. The number of hydrogen-bond donors (Lipinski definition) is 2. The summed E-state index contributed by atoms with van der Waals surface area (Å²) in [5.41, 5.74) is 6.85. The van der Waals surface area contributed by atoms with Crippen LogP contribution in [0.4, 0.5) is 11.4 Å². The fourth-order valence-electron chi connectivity index (χ4n) is 4.21. The van der Waals surface area contributed by atoms with E-state index in [0.29, 0.717) is 5.56 Å². The number of anilines is 2. The Balaban J connectivity index is 1.70. The maximum absolute atomic E-state index is 13.6. The molecule has 0 fully saturated rings. The molecule has 2 N–H and O–H groups in total. The van der Waals surface area contributed by atoms with Crippen LogP contribution in [-0.4, -0.2) is 27.0 Å². The summed E-state index contributed by atoms with van der Waals surface area (Å²) in [6, 6.07) is 30.9. The van der Waals surface area contributed by atoms with E-state index in [2.05, 4.69) is 5.32 Å². The minimum atomic E-state index is -0.684. The molecular formula is C31H28BN3O. The van der Waals surface area contributed by atoms with E-state index in [-0.39, 0.29) is 5.91 Å². The van der Waals surface area contributed by atoms with Crippen molar-refractivity contribution in [2.45, 2.75) is 12.9 Å². The van der Waals surface area contributed by atoms with Gasteiger partial charge in [0.1, 0.15) is 7.85 Å². The molecule has 176 valence electrons. The molecule has 1 amide bonds. The van der Waals surface area contributed by atoms with Gasteiger partial charge in [0.25, 0.3) is 5.91 Å². The third kappa shape index (κ3) is 5.31. The summed E-state index contributed by atoms with van der Waals surface area (Å²) in [5.74, 6) is -0.848. The standard InChI is InChI=1S/C31H28BN3O/c1-3-8-22-9-7-12-28(19-22)35(31(36)25-10-5-4-6-11-25)30(32)24-15-13-23(14-16-24)26-17-18-29(34-2)27(20-26)21-33/h3-21,30,33-34H,1-2H3/b8-3+,33-21?. The number of nitrogens with one attached hydrogen (secondary N) is 2. The topological polar surface area (TPSA) is 56.2 Å². The average molecular weight is 469 g/mol. The van der Waals surface area contributed by atoms with Crippen LogP contribution in [0.2, 0.25) is 0 Å². The van der Waals surface area contributed by atoms with Gasteiger partial charge in [0.15, 0.2) is 0 Å². The molecule has 2 radical (unpaired) electrons. The van der Waals surface area contributed by atoms with Crippen LogP contribution < -0.4 is 10.2 Å². The summed E-state index contributed by atoms with van der Waals surface area (Å²) in [7, 11) is 8.60. The molecule has 1 atom stereocenters. The first-order valence-corrected chi connectivity index (χ1v) is 11.8. The van der Waals surface area contributed by atoms with Gasteiger partial charge in [-0.1, -0.05) is 72.8 Å². The number of carbonyl (C=O) groups excluding carboxylic acids is 1. The van der Waals surface area contributed by atoms with E-state index in [4.69, 9.17) is 13.3 Å². The van der Waals surface area contributed by atoms with Gasteiger partial charge in [0, 0.05) is 41.7 Å². The van der Waals surface area contributed by atoms with E-state index in [1.807, 2.05) is 111 Å². The van der Waals surface area contributed by atoms with Gasteiger partial charge in [-0.2, -0.15) is 0 Å². The number of hydrogen-bond acceptors (Lipinski definition) is 3. The van der Waals surface area contributed by atoms with Crippen LogP contribution in [0.25, 0.3) is 17.2 Å². The van der Waals surface area contributed by atoms with Crippen molar-refractivity contribution in [3.05, 3.63) is 125 Å². The summed E-state index contributed by atoms with van der Waals surface area (Å²) >= 11 is 0. The van der Waals surface area contributed by atoms with E-state index in [1.165, 1.54) is 6.21 Å². The number of carbonyl (C=O) groups is 1. The molecule has 36 heavy (non-hydrogen) atoms. The zero-order valence-corrected chi connectivity index (χ0v) is 20.5. The zero-order valence-electron chi connectivity index (χ0n) is 20.5. The maximum atomic E-state index is 13.6. The molecule has 0 bridgehead atoms. The van der Waals surface area contributed by atoms with Gasteiger partial charge in [-0.3, -0.25) is 4.79 Å². The Kier molecular flexibility index (Phi) is 7.81. The number of nitrogens with zero attached hydrogens (tertiary/aromatic N) is 1. The highest BCUT2D eigenvalue weighted by molar-refractivity contribution is 6.20. The second-order valence-corrected chi connectivity index (χ2v) is 8.40. The summed E-state index contributed by atoms with van der Waals surface area (Å²) in [6.45, 7) is 1.96. The quantitative estimate of drug-likeness (QED) is 0.217. The molecule has 0 heterocycles. The fraction of sp³-hybridized carbons (Fsp3) is 0.0968. The lowest BCUT2D eigenvalue weighted by atomic mass is 9.85. The molecule has 0 aromatic heterocycles. The second-order valence-electron chi connectivity index (χ2n) is 8.40. The Bertz CT molecular complexity index is 1380. The Hall–Kier alpha value is -4.38. The zero-order chi connectivity index (χ0) is 25.5. The van der Waals surface area contributed by atoms with E-state index in [1.54, 1.807) is 17.0 Å². The lowest BCUT2D eigenvalue weighted by Gasteiger charge is -2.31. The van der Waals surface area contributed by atoms with Gasteiger partial charge in [-0.15, -0.1) is 0 Å². The first-order chi connectivity index (χ1) is 17.5. The van der Waals surface area contributed by atoms with Crippen molar-refractivity contribution in [3.8, 4) is 11.1 Å². The molecule has 0 spiro atoms. The number of amides is 1. The van der Waals surface area contributed by atoms with Crippen LogP contribution in [0, 0.1) is 5.41 Å². The molecule has 5 heteroatoms. The number of benzene rings is 4. The Morgan fingerprint density at radius 2 is 1.64 bits per heavy atom. The van der Waals surface area contributed by atoms with Crippen LogP contribution in [0.15, 0.2) is 103 Å². The van der Waals surface area contributed by atoms with Crippen LogP contribution in [-0.2, 0) is 0 Å². The predicted molar refractivity (Wildman–Crippen MR) is 152 cm³/mol. The number of allylic oxidation sites excluding steroid dienone is 1. The van der Waals surface area contributed by atoms with Crippen LogP contribution >= 0.6 is 0 Å². The molecule has 4 rings (SSSR count). The van der Waals surface area contributed by atoms with Crippen molar-refractivity contribution in [2.24, 2.45) is 0 Å². The molecular weight excluding hydrogens is 441 g/mol. The highest BCUT2D eigenvalue weighted by Crippen LogP contribution is 2.31. The molecule has 0 aliphatic heterocycles. The maximum Gasteiger partial charge on any atom is 0.258 e. The van der Waals surface area contributed by atoms with Crippen molar-refractivity contribution < 1.29 is 4.79 Å². The highest BCUT2D eigenvalue weighted by Gasteiger charge is 2.24. The monoisotopic (exact) mass is 469 g/mol. The van der Waals surface area contributed by atoms with Crippen molar-refractivity contribution in [3.63, 3.8) is 0 Å². The average Bonchev–Trinajstić information content (AvgIpc) is 2.93. The van der Waals surface area contributed by atoms with E-state index in [9.17, 15) is 4.79 Å². The first-order valence-electron chi connectivity index (χ1n) is 11.8. The third-order valence-electron chi connectivity index (χ3n) is 6.09. The molecule has 4 aromatic carbocycles. The third-order valence-corrected chi connectivity index (χ3v) is 6.09. The summed E-state index contributed by atoms with van der Waals surface area (Å²) < 4.78 is 0. The van der Waals surface area contributed by atoms with Crippen molar-refractivity contribution >= 4 is 37.4 Å². The smallest absolute Gasteiger partial charge is 0.258 e. The van der Waals surface area contributed by atoms with Crippen LogP contribution in [0.3, 0.4) is 0 Å². The minimum absolute atomic E-state index is 0.164. The van der Waals surface area contributed by atoms with Crippen LogP contribution in [0.1, 0.15) is 39.9 Å². The van der Waals surface area contributed by atoms with Crippen molar-refractivity contribution in [2.75, 3.05) is 17.3 Å². The van der Waals surface area contributed by atoms with Crippen molar-refractivity contribution in [1.29, 1.82) is 5.41 Å². The van der Waals surface area contributed by atoms with Gasteiger partial charge in [-0.05, 0) is 65.6 Å². The largest absolute Gasteiger partial charge is 0.388 e. The van der Waals surface area contributed by atoms with Gasteiger partial charge in [0.2, 0.25) is 0 Å². The summed E-state index contributed by atoms with van der Waals surface area (Å²) in [5, 5.41) is 10.8. The molecule has 4 aromatic rings. The Morgan fingerprint density at radius 1 is 0.917 bits per heavy atom. The van der Waals surface area contributed by atoms with Gasteiger partial charge in [-0.25, -0.2) is 0 Å². The van der Waals surface area contributed by atoms with Crippen molar-refractivity contribution in [1.82, 2.24) is 0 Å². The predicted octanol–water partition coefficient (Wildman–Crippen LogP) is 6.94. The SMILES string of the molecule is [B]C(c1ccc(-c2ccc(NC)c(C=N)c2)cc1)N(C(=O)c1ccccc1)c1cccc(/C=C/C)c1. The minimum Gasteiger partial charge on any atom is -0.388 e. The molecule has 0 aliphatic rings.